The van der Waals surface area contributed by atoms with Crippen molar-refractivity contribution in [2.75, 3.05) is 39.6 Å². The summed E-state index contributed by atoms with van der Waals surface area (Å²) in [6.07, 6.45) is 0.952. The number of epoxide rings is 2. The van der Waals surface area contributed by atoms with E-state index in [0.29, 0.717) is 25.4 Å². The van der Waals surface area contributed by atoms with E-state index in [4.69, 9.17) is 28.8 Å². The molecule has 2 heterocycles. The van der Waals surface area contributed by atoms with Crippen LogP contribution in [-0.4, -0.2) is 68.2 Å². The normalized spacial score (nSPS) is 18.5. The molecule has 0 saturated carbocycles. The van der Waals surface area contributed by atoms with Crippen molar-refractivity contribution in [2.45, 2.75) is 51.9 Å². The third-order valence-electron chi connectivity index (χ3n) is 7.26. The van der Waals surface area contributed by atoms with Gasteiger partial charge in [0.05, 0.1) is 19.8 Å². The molecule has 3 atom stereocenters. The fraction of sp³-hybridized carbons (Fsp3) is 0.438. The van der Waals surface area contributed by atoms with E-state index in [-0.39, 0.29) is 25.4 Å². The van der Waals surface area contributed by atoms with Gasteiger partial charge in [-0.25, -0.2) is 0 Å². The molecule has 2 saturated heterocycles. The zero-order valence-electron chi connectivity index (χ0n) is 22.9. The minimum Gasteiger partial charge on any atom is -0.491 e. The summed E-state index contributed by atoms with van der Waals surface area (Å²) < 4.78 is 28.7. The second-order valence-corrected chi connectivity index (χ2v) is 10.6. The van der Waals surface area contributed by atoms with E-state index < -0.39 is 6.10 Å². The first-order valence-corrected chi connectivity index (χ1v) is 13.6. The second-order valence-electron chi connectivity index (χ2n) is 10.6. The molecule has 5 rings (SSSR count). The first-order chi connectivity index (χ1) is 18.9. The van der Waals surface area contributed by atoms with Gasteiger partial charge in [-0.15, -0.1) is 0 Å². The number of hydrogen-bond acceptors (Lipinski definition) is 7. The molecule has 0 amide bonds. The molecule has 3 unspecified atom stereocenters. The highest BCUT2D eigenvalue weighted by atomic mass is 16.6. The van der Waals surface area contributed by atoms with Gasteiger partial charge in [-0.1, -0.05) is 30.3 Å². The van der Waals surface area contributed by atoms with Crippen molar-refractivity contribution in [3.05, 3.63) is 87.5 Å². The Morgan fingerprint density at radius 2 is 1.41 bits per heavy atom. The second kappa shape index (κ2) is 12.4. The van der Waals surface area contributed by atoms with Crippen LogP contribution in [0.15, 0.2) is 48.5 Å². The molecule has 7 heteroatoms. The molecule has 2 aliphatic heterocycles. The smallest absolute Gasteiger partial charge is 0.122 e. The molecule has 0 bridgehead atoms. The van der Waals surface area contributed by atoms with E-state index >= 15 is 0 Å². The summed E-state index contributed by atoms with van der Waals surface area (Å²) in [5.41, 5.74) is 7.91. The largest absolute Gasteiger partial charge is 0.491 e. The van der Waals surface area contributed by atoms with Gasteiger partial charge in [0.25, 0.3) is 0 Å². The maximum atomic E-state index is 9.69. The highest BCUT2D eigenvalue weighted by Crippen LogP contribution is 2.31. The lowest BCUT2D eigenvalue weighted by atomic mass is 9.93. The van der Waals surface area contributed by atoms with Crippen molar-refractivity contribution in [2.24, 2.45) is 0 Å². The summed E-state index contributed by atoms with van der Waals surface area (Å²) in [5.74, 6) is 2.49. The number of aliphatic hydroxyl groups excluding tert-OH is 2. The molecule has 208 valence electrons. The highest BCUT2D eigenvalue weighted by molar-refractivity contribution is 5.49. The van der Waals surface area contributed by atoms with Gasteiger partial charge in [-0.3, -0.25) is 0 Å². The average Bonchev–Trinajstić information content (AvgIpc) is 3.85. The number of aryl methyl sites for hydroxylation is 1. The zero-order valence-corrected chi connectivity index (χ0v) is 22.9. The van der Waals surface area contributed by atoms with E-state index in [2.05, 4.69) is 50.2 Å². The van der Waals surface area contributed by atoms with Gasteiger partial charge in [0.1, 0.15) is 55.4 Å². The van der Waals surface area contributed by atoms with Crippen molar-refractivity contribution in [3.63, 3.8) is 0 Å². The Morgan fingerprint density at radius 1 is 0.769 bits per heavy atom. The number of benzene rings is 3. The van der Waals surface area contributed by atoms with Crippen LogP contribution in [0.25, 0.3) is 0 Å². The summed E-state index contributed by atoms with van der Waals surface area (Å²) in [6.45, 7) is 8.58. The van der Waals surface area contributed by atoms with Gasteiger partial charge in [0, 0.05) is 0 Å². The molecule has 0 aliphatic carbocycles. The van der Waals surface area contributed by atoms with Crippen LogP contribution < -0.4 is 14.2 Å². The van der Waals surface area contributed by atoms with Gasteiger partial charge in [0.2, 0.25) is 0 Å². The van der Waals surface area contributed by atoms with Gasteiger partial charge < -0.3 is 33.9 Å². The summed E-state index contributed by atoms with van der Waals surface area (Å²) in [5, 5.41) is 18.8. The molecule has 2 fully saturated rings. The molecule has 3 aromatic rings. The van der Waals surface area contributed by atoms with Crippen LogP contribution in [0, 0.1) is 20.8 Å². The van der Waals surface area contributed by atoms with Gasteiger partial charge in [-0.05, 0) is 90.8 Å². The molecule has 0 aromatic heterocycles. The van der Waals surface area contributed by atoms with Gasteiger partial charge in [0.15, 0.2) is 0 Å². The number of aliphatic hydroxyl groups is 2. The quantitative estimate of drug-likeness (QED) is 0.301. The lowest BCUT2D eigenvalue weighted by Crippen LogP contribution is -2.21. The Balaban J connectivity index is 1.39. The fourth-order valence-electron chi connectivity index (χ4n) is 4.53. The Bertz CT molecular complexity index is 1280. The molecule has 2 aliphatic rings. The van der Waals surface area contributed by atoms with Gasteiger partial charge in [-0.2, -0.15) is 0 Å². The lowest BCUT2D eigenvalue weighted by Gasteiger charge is -2.18. The van der Waals surface area contributed by atoms with Crippen molar-refractivity contribution in [1.82, 2.24) is 0 Å². The Kier molecular flexibility index (Phi) is 8.72. The van der Waals surface area contributed by atoms with Crippen LogP contribution in [0.4, 0.5) is 0 Å². The van der Waals surface area contributed by atoms with E-state index in [0.717, 1.165) is 59.0 Å². The van der Waals surface area contributed by atoms with Crippen molar-refractivity contribution in [1.29, 1.82) is 0 Å². The van der Waals surface area contributed by atoms with Crippen molar-refractivity contribution >= 4 is 0 Å². The number of ether oxygens (including phenoxy) is 5. The standard InChI is InChI=1S/C32H38O7/c1-20-7-8-23(12-31(20)38-18-28-16-35-28)9-26-11-24(13-32(22(26)3)39-19-29-17-36-29)10-25-5-4-6-30(21(25)2)37-15-27(34)14-33/h4-8,11-13,27-29,33-34H,9-10,14-19H2,1-3H3. The van der Waals surface area contributed by atoms with E-state index in [1.807, 2.05) is 19.1 Å². The molecule has 39 heavy (non-hydrogen) atoms. The van der Waals surface area contributed by atoms with E-state index in [9.17, 15) is 5.11 Å². The third kappa shape index (κ3) is 7.51. The Morgan fingerprint density at radius 3 is 2.10 bits per heavy atom. The first kappa shape index (κ1) is 27.5. The molecular weight excluding hydrogens is 496 g/mol. The summed E-state index contributed by atoms with van der Waals surface area (Å²) in [6, 6.07) is 16.7. The summed E-state index contributed by atoms with van der Waals surface area (Å²) in [4.78, 5) is 0. The van der Waals surface area contributed by atoms with E-state index in [1.165, 1.54) is 11.1 Å². The predicted molar refractivity (Wildman–Crippen MR) is 148 cm³/mol. The minimum absolute atomic E-state index is 0.0482. The molecular formula is C32H38O7. The summed E-state index contributed by atoms with van der Waals surface area (Å²) in [7, 11) is 0. The number of hydrogen-bond donors (Lipinski definition) is 2. The van der Waals surface area contributed by atoms with Crippen molar-refractivity contribution in [3.8, 4) is 17.2 Å². The maximum Gasteiger partial charge on any atom is 0.122 e. The molecule has 0 radical (unpaired) electrons. The summed E-state index contributed by atoms with van der Waals surface area (Å²) >= 11 is 0. The van der Waals surface area contributed by atoms with Gasteiger partial charge >= 0.3 is 0 Å². The third-order valence-corrected chi connectivity index (χ3v) is 7.26. The number of rotatable bonds is 14. The SMILES string of the molecule is Cc1ccc(Cc2cc(Cc3cccc(OCC(O)CO)c3C)cc(OCC3CO3)c2C)cc1OCC1CO1. The molecule has 7 nitrogen and oxygen atoms in total. The van der Waals surface area contributed by atoms with Crippen LogP contribution in [0.3, 0.4) is 0 Å². The molecule has 0 spiro atoms. The van der Waals surface area contributed by atoms with Crippen LogP contribution >= 0.6 is 0 Å². The Labute approximate surface area is 230 Å². The topological polar surface area (TPSA) is 93.2 Å². The first-order valence-electron chi connectivity index (χ1n) is 13.6. The van der Waals surface area contributed by atoms with Crippen LogP contribution in [0.2, 0.25) is 0 Å². The van der Waals surface area contributed by atoms with Crippen LogP contribution in [-0.2, 0) is 22.3 Å². The van der Waals surface area contributed by atoms with Crippen molar-refractivity contribution < 1.29 is 33.9 Å². The van der Waals surface area contributed by atoms with Crippen LogP contribution in [0.5, 0.6) is 17.2 Å². The minimum atomic E-state index is -0.905. The zero-order chi connectivity index (χ0) is 27.4. The predicted octanol–water partition coefficient (Wildman–Crippen LogP) is 4.08. The molecule has 3 aromatic carbocycles. The average molecular weight is 535 g/mol. The highest BCUT2D eigenvalue weighted by Gasteiger charge is 2.24. The fourth-order valence-corrected chi connectivity index (χ4v) is 4.53. The lowest BCUT2D eigenvalue weighted by molar-refractivity contribution is 0.0534. The maximum absolute atomic E-state index is 9.69. The van der Waals surface area contributed by atoms with Crippen LogP contribution in [0.1, 0.15) is 38.9 Å². The Hall–Kier alpha value is -3.10. The monoisotopic (exact) mass is 534 g/mol. The van der Waals surface area contributed by atoms with E-state index in [1.54, 1.807) is 0 Å². The molecule has 2 N–H and O–H groups in total.